The number of rotatable bonds is 5. The Morgan fingerprint density at radius 3 is 2.94 bits per heavy atom. The monoisotopic (exact) mass is 268 g/mol. The van der Waals surface area contributed by atoms with Crippen molar-refractivity contribution in [3.8, 4) is 0 Å². The molecule has 1 aromatic rings. The van der Waals surface area contributed by atoms with E-state index >= 15 is 0 Å². The maximum atomic E-state index is 10.7. The van der Waals surface area contributed by atoms with Gasteiger partial charge in [-0.05, 0) is 25.2 Å². The normalized spacial score (nSPS) is 23.4. The molecule has 0 saturated heterocycles. The van der Waals surface area contributed by atoms with Crippen LogP contribution in [0.2, 0.25) is 0 Å². The van der Waals surface area contributed by atoms with Crippen LogP contribution in [-0.4, -0.2) is 26.4 Å². The van der Waals surface area contributed by atoms with Crippen LogP contribution in [0.3, 0.4) is 0 Å². The van der Waals surface area contributed by atoms with E-state index in [0.717, 1.165) is 11.6 Å². The number of imidazole rings is 1. The van der Waals surface area contributed by atoms with Crippen molar-refractivity contribution in [2.45, 2.75) is 50.7 Å². The number of carboxylic acids is 1. The van der Waals surface area contributed by atoms with Crippen LogP contribution in [0, 0.1) is 5.92 Å². The van der Waals surface area contributed by atoms with Crippen LogP contribution in [0.4, 0.5) is 0 Å². The summed E-state index contributed by atoms with van der Waals surface area (Å²) in [5.41, 5.74) is 1.22. The Balaban J connectivity index is 2.24. The number of carbonyl (C=O) groups is 1. The van der Waals surface area contributed by atoms with Gasteiger partial charge >= 0.3 is 5.97 Å². The number of aromatic nitrogens is 2. The lowest BCUT2D eigenvalue weighted by atomic mass is 10.1. The SMILES string of the molecule is CCc1cnc(SCC(=O)O)n1C1CCCC1C. The molecule has 2 rings (SSSR count). The van der Waals surface area contributed by atoms with Crippen molar-refractivity contribution in [2.75, 3.05) is 5.75 Å². The number of carboxylic acid groups (broad SMARTS) is 1. The summed E-state index contributed by atoms with van der Waals surface area (Å²) in [5.74, 6) is -0.0397. The lowest BCUT2D eigenvalue weighted by Gasteiger charge is -2.22. The van der Waals surface area contributed by atoms with Crippen LogP contribution < -0.4 is 0 Å². The molecule has 1 heterocycles. The maximum absolute atomic E-state index is 10.7. The molecule has 1 aromatic heterocycles. The van der Waals surface area contributed by atoms with Crippen molar-refractivity contribution >= 4 is 17.7 Å². The number of hydrogen-bond acceptors (Lipinski definition) is 3. The fraction of sp³-hybridized carbons (Fsp3) is 0.692. The van der Waals surface area contributed by atoms with Crippen molar-refractivity contribution in [2.24, 2.45) is 5.92 Å². The third-order valence-electron chi connectivity index (χ3n) is 3.67. The summed E-state index contributed by atoms with van der Waals surface area (Å²) in [4.78, 5) is 15.1. The van der Waals surface area contributed by atoms with Crippen LogP contribution in [0.25, 0.3) is 0 Å². The Labute approximate surface area is 112 Å². The quantitative estimate of drug-likeness (QED) is 0.834. The van der Waals surface area contributed by atoms with Gasteiger partial charge in [0.2, 0.25) is 0 Å². The highest BCUT2D eigenvalue weighted by Gasteiger charge is 2.28. The molecule has 1 N–H and O–H groups in total. The molecule has 0 spiro atoms. The van der Waals surface area contributed by atoms with Crippen molar-refractivity contribution < 1.29 is 9.90 Å². The largest absolute Gasteiger partial charge is 0.481 e. The second kappa shape index (κ2) is 5.78. The van der Waals surface area contributed by atoms with E-state index in [4.69, 9.17) is 5.11 Å². The average Bonchev–Trinajstić information content (AvgIpc) is 2.91. The molecule has 100 valence electrons. The van der Waals surface area contributed by atoms with Gasteiger partial charge < -0.3 is 9.67 Å². The number of aliphatic carboxylic acids is 1. The van der Waals surface area contributed by atoms with Gasteiger partial charge in [-0.3, -0.25) is 4.79 Å². The minimum atomic E-state index is -0.785. The fourth-order valence-electron chi connectivity index (χ4n) is 2.74. The van der Waals surface area contributed by atoms with Gasteiger partial charge in [0, 0.05) is 17.9 Å². The molecule has 1 aliphatic carbocycles. The van der Waals surface area contributed by atoms with E-state index in [1.54, 1.807) is 0 Å². The minimum Gasteiger partial charge on any atom is -0.481 e. The summed E-state index contributed by atoms with van der Waals surface area (Å²) >= 11 is 1.33. The van der Waals surface area contributed by atoms with E-state index in [1.807, 2.05) is 6.20 Å². The second-order valence-corrected chi connectivity index (χ2v) is 5.86. The van der Waals surface area contributed by atoms with Gasteiger partial charge in [-0.15, -0.1) is 0 Å². The van der Waals surface area contributed by atoms with Crippen LogP contribution in [0.1, 0.15) is 44.8 Å². The molecule has 1 saturated carbocycles. The highest BCUT2D eigenvalue weighted by Crippen LogP contribution is 2.38. The fourth-order valence-corrected chi connectivity index (χ4v) is 3.51. The Morgan fingerprint density at radius 2 is 2.39 bits per heavy atom. The van der Waals surface area contributed by atoms with Crippen LogP contribution >= 0.6 is 11.8 Å². The number of hydrogen-bond donors (Lipinski definition) is 1. The molecule has 0 aromatic carbocycles. The Hall–Kier alpha value is -0.970. The van der Waals surface area contributed by atoms with Gasteiger partial charge in [0.15, 0.2) is 5.16 Å². The molecule has 0 aliphatic heterocycles. The molecule has 0 radical (unpaired) electrons. The summed E-state index contributed by atoms with van der Waals surface area (Å²) < 4.78 is 2.28. The number of aryl methyl sites for hydroxylation is 1. The topological polar surface area (TPSA) is 55.1 Å². The van der Waals surface area contributed by atoms with Gasteiger partial charge in [-0.2, -0.15) is 0 Å². The van der Waals surface area contributed by atoms with Gasteiger partial charge in [0.25, 0.3) is 0 Å². The first-order chi connectivity index (χ1) is 8.63. The van der Waals surface area contributed by atoms with Crippen molar-refractivity contribution in [3.05, 3.63) is 11.9 Å². The highest BCUT2D eigenvalue weighted by molar-refractivity contribution is 7.99. The maximum Gasteiger partial charge on any atom is 0.313 e. The Bertz CT molecular complexity index is 431. The van der Waals surface area contributed by atoms with Gasteiger partial charge in [0.1, 0.15) is 0 Å². The molecule has 0 amide bonds. The zero-order valence-corrected chi connectivity index (χ0v) is 11.7. The van der Waals surface area contributed by atoms with E-state index in [-0.39, 0.29) is 5.75 Å². The lowest BCUT2D eigenvalue weighted by molar-refractivity contribution is -0.133. The molecule has 2 unspecified atom stereocenters. The molecule has 1 fully saturated rings. The summed E-state index contributed by atoms with van der Waals surface area (Å²) in [7, 11) is 0. The molecular formula is C13H20N2O2S. The first-order valence-corrected chi connectivity index (χ1v) is 7.52. The predicted octanol–water partition coefficient (Wildman–Crippen LogP) is 2.98. The molecular weight excluding hydrogens is 248 g/mol. The van der Waals surface area contributed by atoms with Crippen LogP contribution in [0.5, 0.6) is 0 Å². The average molecular weight is 268 g/mol. The summed E-state index contributed by atoms with van der Waals surface area (Å²) in [6, 6.07) is 0.499. The molecule has 18 heavy (non-hydrogen) atoms. The Morgan fingerprint density at radius 1 is 1.61 bits per heavy atom. The second-order valence-electron chi connectivity index (χ2n) is 4.91. The standard InChI is InChI=1S/C13H20N2O2S/c1-3-10-7-14-13(18-8-12(16)17)15(10)11-6-4-5-9(11)2/h7,9,11H,3-6,8H2,1-2H3,(H,16,17). The highest BCUT2D eigenvalue weighted by atomic mass is 32.2. The van der Waals surface area contributed by atoms with Crippen molar-refractivity contribution in [3.63, 3.8) is 0 Å². The lowest BCUT2D eigenvalue weighted by Crippen LogP contribution is -2.15. The Kier molecular flexibility index (Phi) is 4.32. The third kappa shape index (κ3) is 2.71. The van der Waals surface area contributed by atoms with Gasteiger partial charge in [-0.1, -0.05) is 32.0 Å². The van der Waals surface area contributed by atoms with E-state index in [2.05, 4.69) is 23.4 Å². The minimum absolute atomic E-state index is 0.0846. The van der Waals surface area contributed by atoms with E-state index in [0.29, 0.717) is 12.0 Å². The third-order valence-corrected chi connectivity index (χ3v) is 4.63. The summed E-state index contributed by atoms with van der Waals surface area (Å²) in [6.07, 6.45) is 6.55. The number of thioether (sulfide) groups is 1. The molecule has 4 nitrogen and oxygen atoms in total. The van der Waals surface area contributed by atoms with E-state index in [1.165, 1.54) is 36.7 Å². The zero-order valence-electron chi connectivity index (χ0n) is 10.9. The first kappa shape index (κ1) is 13.5. The molecule has 5 heteroatoms. The molecule has 0 bridgehead atoms. The number of nitrogens with zero attached hydrogens (tertiary/aromatic N) is 2. The smallest absolute Gasteiger partial charge is 0.313 e. The summed E-state index contributed by atoms with van der Waals surface area (Å²) in [6.45, 7) is 4.40. The van der Waals surface area contributed by atoms with Gasteiger partial charge in [0.05, 0.1) is 5.75 Å². The zero-order chi connectivity index (χ0) is 13.1. The van der Waals surface area contributed by atoms with E-state index in [9.17, 15) is 4.79 Å². The first-order valence-electron chi connectivity index (χ1n) is 6.54. The molecule has 1 aliphatic rings. The van der Waals surface area contributed by atoms with Crippen LogP contribution in [0.15, 0.2) is 11.4 Å². The van der Waals surface area contributed by atoms with Crippen LogP contribution in [-0.2, 0) is 11.2 Å². The van der Waals surface area contributed by atoms with Crippen molar-refractivity contribution in [1.29, 1.82) is 0 Å². The van der Waals surface area contributed by atoms with Crippen molar-refractivity contribution in [1.82, 2.24) is 9.55 Å². The van der Waals surface area contributed by atoms with E-state index < -0.39 is 5.97 Å². The summed E-state index contributed by atoms with van der Waals surface area (Å²) in [5, 5.41) is 9.66. The molecule has 2 atom stereocenters. The van der Waals surface area contributed by atoms with Gasteiger partial charge in [-0.25, -0.2) is 4.98 Å². The predicted molar refractivity (Wildman–Crippen MR) is 72.0 cm³/mol.